The van der Waals surface area contributed by atoms with Crippen molar-refractivity contribution < 1.29 is 9.21 Å². The number of carbonyl (C=O) groups excluding carboxylic acids is 1. The van der Waals surface area contributed by atoms with Crippen LogP contribution in [-0.4, -0.2) is 34.8 Å². The van der Waals surface area contributed by atoms with Gasteiger partial charge in [-0.15, -0.1) is 0 Å². The molecule has 0 bridgehead atoms. The molecule has 1 N–H and O–H groups in total. The van der Waals surface area contributed by atoms with Crippen LogP contribution in [0.25, 0.3) is 17.1 Å². The van der Waals surface area contributed by atoms with E-state index < -0.39 is 0 Å². The van der Waals surface area contributed by atoms with Gasteiger partial charge in [0.1, 0.15) is 17.2 Å². The number of benzene rings is 1. The second-order valence-corrected chi connectivity index (χ2v) is 6.74. The van der Waals surface area contributed by atoms with Crippen molar-refractivity contribution in [3.05, 3.63) is 84.4 Å². The predicted molar refractivity (Wildman–Crippen MR) is 111 cm³/mol. The van der Waals surface area contributed by atoms with Gasteiger partial charge in [-0.25, -0.2) is 9.67 Å². The Morgan fingerprint density at radius 3 is 2.66 bits per heavy atom. The van der Waals surface area contributed by atoms with E-state index in [9.17, 15) is 4.79 Å². The molecule has 0 saturated carbocycles. The van der Waals surface area contributed by atoms with Gasteiger partial charge >= 0.3 is 0 Å². The maximum Gasteiger partial charge on any atom is 0.270 e. The molecule has 0 aliphatic carbocycles. The fourth-order valence-electron chi connectivity index (χ4n) is 2.94. The molecule has 7 nitrogen and oxygen atoms in total. The molecule has 0 fully saturated rings. The van der Waals surface area contributed by atoms with Crippen LogP contribution in [0, 0.1) is 0 Å². The molecule has 3 heterocycles. The zero-order chi connectivity index (χ0) is 20.2. The Hall–Kier alpha value is -3.87. The maximum atomic E-state index is 13.0. The number of furan rings is 1. The van der Waals surface area contributed by atoms with Crippen LogP contribution in [0.4, 0.5) is 5.82 Å². The molecule has 0 spiro atoms. The lowest BCUT2D eigenvalue weighted by molar-refractivity contribution is 0.0943. The average Bonchev–Trinajstić information content (AvgIpc) is 3.43. The molecule has 0 saturated heterocycles. The van der Waals surface area contributed by atoms with Gasteiger partial charge in [0.2, 0.25) is 0 Å². The fourth-order valence-corrected chi connectivity index (χ4v) is 2.94. The molecule has 29 heavy (non-hydrogen) atoms. The van der Waals surface area contributed by atoms with Gasteiger partial charge < -0.3 is 14.6 Å². The number of para-hydroxylation sites is 1. The summed E-state index contributed by atoms with van der Waals surface area (Å²) in [5.74, 6) is 1.23. The standard InChI is InChI=1S/C22H21N5O2/c1-26(2)21-13-16(10-11-23-21)15-24-22(28)19-14-18(20-9-6-12-29-20)25-27(19)17-7-4-3-5-8-17/h3-14H,15H2,1-2H3,(H,24,28). The molecule has 0 aliphatic heterocycles. The third-order valence-electron chi connectivity index (χ3n) is 4.44. The van der Waals surface area contributed by atoms with Crippen molar-refractivity contribution in [3.63, 3.8) is 0 Å². The van der Waals surface area contributed by atoms with E-state index in [1.165, 1.54) is 0 Å². The van der Waals surface area contributed by atoms with Crippen LogP contribution in [0.5, 0.6) is 0 Å². The van der Waals surface area contributed by atoms with E-state index >= 15 is 0 Å². The lowest BCUT2D eigenvalue weighted by atomic mass is 10.2. The largest absolute Gasteiger partial charge is 0.463 e. The number of nitrogens with zero attached hydrogens (tertiary/aromatic N) is 4. The first kappa shape index (κ1) is 18.5. The van der Waals surface area contributed by atoms with Crippen molar-refractivity contribution in [1.29, 1.82) is 0 Å². The summed E-state index contributed by atoms with van der Waals surface area (Å²) in [6.45, 7) is 0.387. The van der Waals surface area contributed by atoms with Crippen LogP contribution in [0.15, 0.2) is 77.5 Å². The average molecular weight is 387 g/mol. The molecule has 1 amide bonds. The van der Waals surface area contributed by atoms with Crippen molar-refractivity contribution >= 4 is 11.7 Å². The Morgan fingerprint density at radius 1 is 1.10 bits per heavy atom. The quantitative estimate of drug-likeness (QED) is 0.548. The third kappa shape index (κ3) is 4.03. The van der Waals surface area contributed by atoms with Crippen LogP contribution < -0.4 is 10.2 Å². The normalized spacial score (nSPS) is 10.7. The van der Waals surface area contributed by atoms with Gasteiger partial charge in [-0.3, -0.25) is 4.79 Å². The summed E-state index contributed by atoms with van der Waals surface area (Å²) in [6.07, 6.45) is 3.32. The number of rotatable bonds is 6. The summed E-state index contributed by atoms with van der Waals surface area (Å²) >= 11 is 0. The SMILES string of the molecule is CN(C)c1cc(CNC(=O)c2cc(-c3ccco3)nn2-c2ccccc2)ccn1. The highest BCUT2D eigenvalue weighted by Gasteiger charge is 2.18. The minimum absolute atomic E-state index is 0.220. The molecule has 0 radical (unpaired) electrons. The number of nitrogens with one attached hydrogen (secondary N) is 1. The smallest absolute Gasteiger partial charge is 0.270 e. The van der Waals surface area contributed by atoms with Gasteiger partial charge in [0.25, 0.3) is 5.91 Å². The summed E-state index contributed by atoms with van der Waals surface area (Å²) < 4.78 is 7.08. The lowest BCUT2D eigenvalue weighted by Gasteiger charge is -2.13. The maximum absolute atomic E-state index is 13.0. The predicted octanol–water partition coefficient (Wildman–Crippen LogP) is 3.52. The van der Waals surface area contributed by atoms with Crippen molar-refractivity contribution in [2.75, 3.05) is 19.0 Å². The number of aromatic nitrogens is 3. The number of pyridine rings is 1. The Bertz CT molecular complexity index is 1100. The van der Waals surface area contributed by atoms with Gasteiger partial charge in [-0.05, 0) is 42.0 Å². The Balaban J connectivity index is 1.61. The van der Waals surface area contributed by atoms with Crippen LogP contribution in [0.3, 0.4) is 0 Å². The van der Waals surface area contributed by atoms with Gasteiger partial charge in [0.05, 0.1) is 12.0 Å². The van der Waals surface area contributed by atoms with E-state index in [1.54, 1.807) is 29.3 Å². The van der Waals surface area contributed by atoms with Crippen molar-refractivity contribution in [2.24, 2.45) is 0 Å². The topological polar surface area (TPSA) is 76.2 Å². The minimum atomic E-state index is -0.220. The molecule has 4 rings (SSSR count). The van der Waals surface area contributed by atoms with Gasteiger partial charge in [-0.1, -0.05) is 18.2 Å². The van der Waals surface area contributed by atoms with Crippen LogP contribution in [0.1, 0.15) is 16.1 Å². The number of hydrogen-bond acceptors (Lipinski definition) is 5. The lowest BCUT2D eigenvalue weighted by Crippen LogP contribution is -2.25. The zero-order valence-electron chi connectivity index (χ0n) is 16.2. The molecule has 4 aromatic rings. The highest BCUT2D eigenvalue weighted by atomic mass is 16.3. The first-order valence-corrected chi connectivity index (χ1v) is 9.21. The van der Waals surface area contributed by atoms with Crippen LogP contribution in [-0.2, 0) is 6.54 Å². The van der Waals surface area contributed by atoms with Gasteiger partial charge in [0, 0.05) is 32.9 Å². The summed E-state index contributed by atoms with van der Waals surface area (Å²) in [7, 11) is 3.86. The Labute approximate surface area is 168 Å². The molecule has 1 aromatic carbocycles. The molecule has 0 unspecified atom stereocenters. The van der Waals surface area contributed by atoms with E-state index in [0.717, 1.165) is 17.1 Å². The zero-order valence-corrected chi connectivity index (χ0v) is 16.2. The highest BCUT2D eigenvalue weighted by Crippen LogP contribution is 2.22. The second kappa shape index (κ2) is 8.02. The van der Waals surface area contributed by atoms with Crippen LogP contribution in [0.2, 0.25) is 0 Å². The molecule has 146 valence electrons. The summed E-state index contributed by atoms with van der Waals surface area (Å²) in [5.41, 5.74) is 2.80. The third-order valence-corrected chi connectivity index (χ3v) is 4.44. The number of hydrogen-bond donors (Lipinski definition) is 1. The monoisotopic (exact) mass is 387 g/mol. The van der Waals surface area contributed by atoms with E-state index in [-0.39, 0.29) is 5.91 Å². The van der Waals surface area contributed by atoms with Crippen molar-refractivity contribution in [3.8, 4) is 17.1 Å². The Kier molecular flexibility index (Phi) is 5.11. The van der Waals surface area contributed by atoms with E-state index in [4.69, 9.17) is 4.42 Å². The number of amides is 1. The van der Waals surface area contributed by atoms with E-state index in [0.29, 0.717) is 23.7 Å². The second-order valence-electron chi connectivity index (χ2n) is 6.74. The summed E-state index contributed by atoms with van der Waals surface area (Å²) in [4.78, 5) is 19.2. The van der Waals surface area contributed by atoms with Gasteiger partial charge in [0.15, 0.2) is 5.76 Å². The van der Waals surface area contributed by atoms with E-state index in [1.807, 2.05) is 67.5 Å². The van der Waals surface area contributed by atoms with Crippen LogP contribution >= 0.6 is 0 Å². The molecule has 0 aliphatic rings. The molecule has 0 atom stereocenters. The Morgan fingerprint density at radius 2 is 1.93 bits per heavy atom. The summed E-state index contributed by atoms with van der Waals surface area (Å²) in [5, 5.41) is 7.56. The highest BCUT2D eigenvalue weighted by molar-refractivity contribution is 5.94. The minimum Gasteiger partial charge on any atom is -0.463 e. The van der Waals surface area contributed by atoms with Crippen molar-refractivity contribution in [2.45, 2.75) is 6.54 Å². The number of carbonyl (C=O) groups is 1. The fraction of sp³-hybridized carbons (Fsp3) is 0.136. The molecular formula is C22H21N5O2. The molecular weight excluding hydrogens is 366 g/mol. The van der Waals surface area contributed by atoms with E-state index in [2.05, 4.69) is 15.4 Å². The first-order valence-electron chi connectivity index (χ1n) is 9.21. The first-order chi connectivity index (χ1) is 14.1. The van der Waals surface area contributed by atoms with Crippen molar-refractivity contribution in [1.82, 2.24) is 20.1 Å². The van der Waals surface area contributed by atoms with Gasteiger partial charge in [-0.2, -0.15) is 5.10 Å². The molecule has 7 heteroatoms. The molecule has 3 aromatic heterocycles. The summed E-state index contributed by atoms with van der Waals surface area (Å²) in [6, 6.07) is 18.7. The number of anilines is 1.